The normalized spacial score (nSPS) is 13.4. The lowest BCUT2D eigenvalue weighted by atomic mass is 9.95. The van der Waals surface area contributed by atoms with Gasteiger partial charge in [0.25, 0.3) is 0 Å². The van der Waals surface area contributed by atoms with E-state index in [9.17, 15) is 39.9 Å². The number of hydrogen-bond donors (Lipinski definition) is 1. The molecule has 1 N–H and O–H groups in total. The SMILES string of the molecule is O=C(CNc1ncccn1)c1ccc(/C(F)=C/C(c2ccc(F)c(Cl)c2)C(F)(F)F)cc1C(F)(F)F. The summed E-state index contributed by atoms with van der Waals surface area (Å²) in [6.07, 6.45) is -7.49. The summed E-state index contributed by atoms with van der Waals surface area (Å²) >= 11 is 5.52. The number of allylic oxidation sites excluding steroid dienone is 1. The third kappa shape index (κ3) is 6.56. The maximum absolute atomic E-state index is 14.8. The van der Waals surface area contributed by atoms with E-state index < -0.39 is 69.5 Å². The molecular weight excluding hydrogens is 522 g/mol. The average molecular weight is 536 g/mol. The van der Waals surface area contributed by atoms with Crippen molar-refractivity contribution in [3.63, 3.8) is 0 Å². The Morgan fingerprint density at radius 1 is 1.03 bits per heavy atom. The molecule has 13 heteroatoms. The molecule has 1 unspecified atom stereocenters. The van der Waals surface area contributed by atoms with Gasteiger partial charge in [0.2, 0.25) is 5.95 Å². The second-order valence-electron chi connectivity index (χ2n) is 7.31. The second kappa shape index (κ2) is 10.6. The van der Waals surface area contributed by atoms with Gasteiger partial charge >= 0.3 is 12.4 Å². The molecule has 0 aliphatic carbocycles. The fourth-order valence-electron chi connectivity index (χ4n) is 3.14. The van der Waals surface area contributed by atoms with Crippen molar-refractivity contribution in [1.82, 2.24) is 9.97 Å². The molecule has 3 aromatic rings. The number of alkyl halides is 6. The number of aromatic nitrogens is 2. The van der Waals surface area contributed by atoms with Crippen LogP contribution in [0.4, 0.5) is 41.1 Å². The highest BCUT2D eigenvalue weighted by Crippen LogP contribution is 2.40. The third-order valence-corrected chi connectivity index (χ3v) is 5.13. The fraction of sp³-hybridized carbons (Fsp3) is 0.174. The zero-order valence-electron chi connectivity index (χ0n) is 17.8. The molecule has 2 aromatic carbocycles. The van der Waals surface area contributed by atoms with Gasteiger partial charge in [0.15, 0.2) is 5.78 Å². The Bertz CT molecular complexity index is 1280. The number of halogens is 9. The van der Waals surface area contributed by atoms with Crippen LogP contribution in [0.5, 0.6) is 0 Å². The van der Waals surface area contributed by atoms with Crippen molar-refractivity contribution in [2.75, 3.05) is 11.9 Å². The fourth-order valence-corrected chi connectivity index (χ4v) is 3.33. The summed E-state index contributed by atoms with van der Waals surface area (Å²) in [6.45, 7) is -0.633. The van der Waals surface area contributed by atoms with E-state index in [1.165, 1.54) is 18.5 Å². The van der Waals surface area contributed by atoms with Gasteiger partial charge in [-0.2, -0.15) is 26.3 Å². The topological polar surface area (TPSA) is 54.9 Å². The van der Waals surface area contributed by atoms with Gasteiger partial charge in [0, 0.05) is 23.5 Å². The molecule has 0 amide bonds. The zero-order valence-corrected chi connectivity index (χ0v) is 18.5. The van der Waals surface area contributed by atoms with Crippen LogP contribution < -0.4 is 5.32 Å². The molecule has 0 radical (unpaired) electrons. The molecule has 1 aromatic heterocycles. The van der Waals surface area contributed by atoms with Crippen molar-refractivity contribution in [2.45, 2.75) is 18.3 Å². The molecule has 0 aliphatic rings. The first-order valence-corrected chi connectivity index (χ1v) is 10.3. The standard InChI is InChI=1S/C23H14ClF8N3O/c24-17-9-12(3-5-18(17)25)15(22(27,28)29)10-19(26)13-2-4-14(16(8-13)23(30,31)32)20(36)11-35-21-33-6-1-7-34-21/h1-10,15H,11H2,(H,33,34,35)/b19-10-. The Hall–Kier alpha value is -3.54. The van der Waals surface area contributed by atoms with Crippen molar-refractivity contribution < 1.29 is 39.9 Å². The minimum absolute atomic E-state index is 0.0240. The van der Waals surface area contributed by atoms with E-state index in [1.807, 2.05) is 0 Å². The van der Waals surface area contributed by atoms with Crippen molar-refractivity contribution in [3.8, 4) is 0 Å². The van der Waals surface area contributed by atoms with Gasteiger partial charge in [-0.3, -0.25) is 4.79 Å². The van der Waals surface area contributed by atoms with Gasteiger partial charge in [-0.15, -0.1) is 0 Å². The molecule has 0 bridgehead atoms. The Balaban J connectivity index is 1.96. The number of nitrogens with one attached hydrogen (secondary N) is 1. The summed E-state index contributed by atoms with van der Waals surface area (Å²) in [4.78, 5) is 19.9. The maximum Gasteiger partial charge on any atom is 0.417 e. The molecule has 0 spiro atoms. The van der Waals surface area contributed by atoms with Crippen LogP contribution in [0.2, 0.25) is 5.02 Å². The van der Waals surface area contributed by atoms with Crippen LogP contribution in [-0.2, 0) is 6.18 Å². The number of nitrogens with zero attached hydrogens (tertiary/aromatic N) is 2. The minimum atomic E-state index is -5.13. The number of rotatable bonds is 7. The number of anilines is 1. The van der Waals surface area contributed by atoms with Crippen LogP contribution in [-0.4, -0.2) is 28.5 Å². The molecule has 1 heterocycles. The summed E-state index contributed by atoms with van der Waals surface area (Å²) in [5, 5.41) is 1.80. The van der Waals surface area contributed by atoms with Gasteiger partial charge in [-0.05, 0) is 35.9 Å². The molecule has 0 aliphatic heterocycles. The van der Waals surface area contributed by atoms with E-state index in [-0.39, 0.29) is 18.1 Å². The first-order chi connectivity index (χ1) is 16.8. The first-order valence-electron chi connectivity index (χ1n) is 9.92. The van der Waals surface area contributed by atoms with E-state index in [0.717, 1.165) is 12.1 Å². The summed E-state index contributed by atoms with van der Waals surface area (Å²) in [5.41, 5.74) is -3.85. The number of ketones is 1. The van der Waals surface area contributed by atoms with Gasteiger partial charge in [0.05, 0.1) is 17.1 Å². The molecular formula is C23H14ClF8N3O. The van der Waals surface area contributed by atoms with Crippen LogP contribution in [0.15, 0.2) is 60.9 Å². The van der Waals surface area contributed by atoms with E-state index >= 15 is 0 Å². The number of hydrogen-bond acceptors (Lipinski definition) is 4. The quantitative estimate of drug-likeness (QED) is 0.256. The highest BCUT2D eigenvalue weighted by molar-refractivity contribution is 6.30. The smallest absolute Gasteiger partial charge is 0.347 e. The van der Waals surface area contributed by atoms with Gasteiger partial charge in [-0.25, -0.2) is 18.7 Å². The molecule has 36 heavy (non-hydrogen) atoms. The molecule has 4 nitrogen and oxygen atoms in total. The molecule has 0 saturated carbocycles. The van der Waals surface area contributed by atoms with Crippen LogP contribution in [0.3, 0.4) is 0 Å². The Morgan fingerprint density at radius 3 is 2.28 bits per heavy atom. The Labute approximate surface area is 203 Å². The lowest BCUT2D eigenvalue weighted by Gasteiger charge is -2.18. The number of Topliss-reactive ketones (excluding diaryl/α,β-unsaturated/α-hetero) is 1. The van der Waals surface area contributed by atoms with Gasteiger partial charge < -0.3 is 5.32 Å². The summed E-state index contributed by atoms with van der Waals surface area (Å²) in [7, 11) is 0. The molecule has 3 rings (SSSR count). The predicted molar refractivity (Wildman–Crippen MR) is 116 cm³/mol. The van der Waals surface area contributed by atoms with E-state index in [0.29, 0.717) is 18.2 Å². The number of carbonyl (C=O) groups is 1. The van der Waals surface area contributed by atoms with Crippen LogP contribution in [0, 0.1) is 5.82 Å². The van der Waals surface area contributed by atoms with Crippen molar-refractivity contribution >= 4 is 29.2 Å². The third-order valence-electron chi connectivity index (χ3n) is 4.84. The highest BCUT2D eigenvalue weighted by Gasteiger charge is 2.40. The molecule has 1 atom stereocenters. The second-order valence-corrected chi connectivity index (χ2v) is 7.72. The van der Waals surface area contributed by atoms with Gasteiger partial charge in [0.1, 0.15) is 17.6 Å². The average Bonchev–Trinajstić information content (AvgIpc) is 2.81. The molecule has 190 valence electrons. The lowest BCUT2D eigenvalue weighted by molar-refractivity contribution is -0.140. The highest BCUT2D eigenvalue weighted by atomic mass is 35.5. The van der Waals surface area contributed by atoms with E-state index in [2.05, 4.69) is 15.3 Å². The summed E-state index contributed by atoms with van der Waals surface area (Å²) in [5.74, 6) is -6.35. The summed E-state index contributed by atoms with van der Waals surface area (Å²) in [6, 6.07) is 5.16. The maximum atomic E-state index is 14.8. The Kier molecular flexibility index (Phi) is 7.97. The summed E-state index contributed by atoms with van der Waals surface area (Å²) < 4.78 is 110. The zero-order chi connectivity index (χ0) is 26.7. The van der Waals surface area contributed by atoms with Crippen molar-refractivity contribution in [3.05, 3.63) is 94.0 Å². The Morgan fingerprint density at radius 2 is 1.69 bits per heavy atom. The number of carbonyl (C=O) groups excluding carboxylic acids is 1. The lowest BCUT2D eigenvalue weighted by Crippen LogP contribution is -2.20. The first kappa shape index (κ1) is 27.1. The molecule has 0 fully saturated rings. The van der Waals surface area contributed by atoms with Crippen LogP contribution in [0.25, 0.3) is 5.83 Å². The largest absolute Gasteiger partial charge is 0.417 e. The van der Waals surface area contributed by atoms with Crippen molar-refractivity contribution in [2.24, 2.45) is 0 Å². The van der Waals surface area contributed by atoms with Crippen LogP contribution in [0.1, 0.15) is 33.0 Å². The number of benzene rings is 2. The van der Waals surface area contributed by atoms with Crippen LogP contribution >= 0.6 is 11.6 Å². The predicted octanol–water partition coefficient (Wildman–Crippen LogP) is 7.24. The van der Waals surface area contributed by atoms with E-state index in [4.69, 9.17) is 11.6 Å². The van der Waals surface area contributed by atoms with Gasteiger partial charge in [-0.1, -0.05) is 29.8 Å². The monoisotopic (exact) mass is 535 g/mol. The van der Waals surface area contributed by atoms with E-state index in [1.54, 1.807) is 0 Å². The minimum Gasteiger partial charge on any atom is -0.347 e. The molecule has 0 saturated heterocycles. The van der Waals surface area contributed by atoms with Crippen molar-refractivity contribution in [1.29, 1.82) is 0 Å².